The van der Waals surface area contributed by atoms with Crippen LogP contribution in [-0.4, -0.2) is 28.7 Å². The van der Waals surface area contributed by atoms with Crippen LogP contribution in [0.5, 0.6) is 0 Å². The Balaban J connectivity index is 1.70. The summed E-state index contributed by atoms with van der Waals surface area (Å²) in [4.78, 5) is 11.9. The Hall–Kier alpha value is -1.79. The Morgan fingerprint density at radius 2 is 2.16 bits per heavy atom. The van der Waals surface area contributed by atoms with Crippen LogP contribution in [0.4, 0.5) is 5.13 Å². The molecule has 2 aromatic rings. The van der Waals surface area contributed by atoms with E-state index < -0.39 is 0 Å². The van der Waals surface area contributed by atoms with Gasteiger partial charge in [0.15, 0.2) is 0 Å². The summed E-state index contributed by atoms with van der Waals surface area (Å²) >= 11 is 1.39. The molecule has 98 valence electrons. The molecule has 1 amide bonds. The number of anilines is 1. The minimum absolute atomic E-state index is 0.0201. The second-order valence-electron chi connectivity index (χ2n) is 4.42. The molecule has 1 fully saturated rings. The first-order valence-electron chi connectivity index (χ1n) is 6.26. The van der Waals surface area contributed by atoms with Gasteiger partial charge >= 0.3 is 0 Å². The predicted molar refractivity (Wildman–Crippen MR) is 75.0 cm³/mol. The van der Waals surface area contributed by atoms with E-state index in [1.807, 2.05) is 30.3 Å². The minimum atomic E-state index is -0.0934. The fourth-order valence-electron chi connectivity index (χ4n) is 2.07. The maximum Gasteiger partial charge on any atom is 0.243 e. The van der Waals surface area contributed by atoms with Crippen LogP contribution in [-0.2, 0) is 4.79 Å². The number of aromatic nitrogens is 2. The second-order valence-corrected chi connectivity index (χ2v) is 5.39. The summed E-state index contributed by atoms with van der Waals surface area (Å²) in [5, 5.41) is 15.5. The molecule has 3 rings (SSSR count). The van der Waals surface area contributed by atoms with Crippen LogP contribution < -0.4 is 10.6 Å². The van der Waals surface area contributed by atoms with Crippen molar-refractivity contribution in [2.75, 3.05) is 11.9 Å². The Morgan fingerprint density at radius 1 is 1.32 bits per heavy atom. The molecule has 1 aromatic carbocycles. The van der Waals surface area contributed by atoms with Crippen LogP contribution in [0.3, 0.4) is 0 Å². The van der Waals surface area contributed by atoms with Gasteiger partial charge in [-0.15, -0.1) is 10.2 Å². The van der Waals surface area contributed by atoms with E-state index in [1.165, 1.54) is 11.3 Å². The summed E-state index contributed by atoms with van der Waals surface area (Å²) in [6.45, 7) is 0.906. The molecule has 0 radical (unpaired) electrons. The number of carbonyl (C=O) groups excluding carboxylic acids is 1. The van der Waals surface area contributed by atoms with Gasteiger partial charge in [-0.1, -0.05) is 41.7 Å². The highest BCUT2D eigenvalue weighted by molar-refractivity contribution is 7.18. The van der Waals surface area contributed by atoms with E-state index in [9.17, 15) is 4.79 Å². The molecule has 6 heteroatoms. The molecular formula is C13H14N4OS. The van der Waals surface area contributed by atoms with E-state index >= 15 is 0 Å². The molecule has 1 saturated heterocycles. The third-order valence-electron chi connectivity index (χ3n) is 3.05. The molecule has 0 saturated carbocycles. The van der Waals surface area contributed by atoms with Crippen molar-refractivity contribution < 1.29 is 4.79 Å². The summed E-state index contributed by atoms with van der Waals surface area (Å²) < 4.78 is 0. The van der Waals surface area contributed by atoms with Crippen molar-refractivity contribution in [2.24, 2.45) is 0 Å². The molecule has 0 unspecified atom stereocenters. The third-order valence-corrected chi connectivity index (χ3v) is 3.94. The molecule has 0 aliphatic carbocycles. The average Bonchev–Trinajstić information content (AvgIpc) is 3.11. The molecule has 1 aliphatic heterocycles. The largest absolute Gasteiger partial charge is 0.306 e. The van der Waals surface area contributed by atoms with E-state index in [-0.39, 0.29) is 11.9 Å². The van der Waals surface area contributed by atoms with Crippen molar-refractivity contribution in [1.82, 2.24) is 15.5 Å². The Bertz CT molecular complexity index is 563. The molecule has 2 N–H and O–H groups in total. The quantitative estimate of drug-likeness (QED) is 0.897. The zero-order valence-corrected chi connectivity index (χ0v) is 11.1. The standard InChI is InChI=1S/C13H14N4OS/c18-11(10-7-4-8-14-10)15-13-17-16-12(19-13)9-5-2-1-3-6-9/h1-3,5-6,10,14H,4,7-8H2,(H,15,17,18)/t10-/m0/s1. The van der Waals surface area contributed by atoms with Crippen molar-refractivity contribution in [3.8, 4) is 10.6 Å². The summed E-state index contributed by atoms with van der Waals surface area (Å²) in [6, 6.07) is 9.73. The van der Waals surface area contributed by atoms with E-state index in [1.54, 1.807) is 0 Å². The second kappa shape index (κ2) is 5.46. The van der Waals surface area contributed by atoms with Gasteiger partial charge in [0.25, 0.3) is 0 Å². The van der Waals surface area contributed by atoms with E-state index in [0.29, 0.717) is 5.13 Å². The third kappa shape index (κ3) is 2.80. The number of hydrogen-bond donors (Lipinski definition) is 2. The van der Waals surface area contributed by atoms with Gasteiger partial charge in [0.2, 0.25) is 11.0 Å². The summed E-state index contributed by atoms with van der Waals surface area (Å²) in [7, 11) is 0. The van der Waals surface area contributed by atoms with Gasteiger partial charge in [0, 0.05) is 5.56 Å². The molecule has 1 aromatic heterocycles. The van der Waals surface area contributed by atoms with Crippen molar-refractivity contribution in [3.63, 3.8) is 0 Å². The highest BCUT2D eigenvalue weighted by Gasteiger charge is 2.22. The topological polar surface area (TPSA) is 66.9 Å². The zero-order chi connectivity index (χ0) is 13.1. The normalized spacial score (nSPS) is 18.4. The molecule has 0 bridgehead atoms. The lowest BCUT2D eigenvalue weighted by Crippen LogP contribution is -2.35. The van der Waals surface area contributed by atoms with Crippen LogP contribution in [0.25, 0.3) is 10.6 Å². The van der Waals surface area contributed by atoms with Gasteiger partial charge in [0.1, 0.15) is 5.01 Å². The maximum atomic E-state index is 11.9. The Labute approximate surface area is 115 Å². The number of nitrogens with one attached hydrogen (secondary N) is 2. The first-order chi connectivity index (χ1) is 9.33. The van der Waals surface area contributed by atoms with E-state index in [4.69, 9.17) is 0 Å². The monoisotopic (exact) mass is 274 g/mol. The summed E-state index contributed by atoms with van der Waals surface area (Å²) in [5.41, 5.74) is 1.01. The number of benzene rings is 1. The van der Waals surface area contributed by atoms with Gasteiger partial charge in [-0.05, 0) is 19.4 Å². The van der Waals surface area contributed by atoms with Crippen LogP contribution in [0.15, 0.2) is 30.3 Å². The van der Waals surface area contributed by atoms with Crippen LogP contribution in [0, 0.1) is 0 Å². The average molecular weight is 274 g/mol. The SMILES string of the molecule is O=C(Nc1nnc(-c2ccccc2)s1)[C@@H]1CCCN1. The van der Waals surface area contributed by atoms with Crippen molar-refractivity contribution >= 4 is 22.4 Å². The van der Waals surface area contributed by atoms with Gasteiger partial charge in [-0.2, -0.15) is 0 Å². The van der Waals surface area contributed by atoms with Crippen LogP contribution in [0.2, 0.25) is 0 Å². The van der Waals surface area contributed by atoms with Gasteiger partial charge in [-0.25, -0.2) is 0 Å². The molecule has 5 nitrogen and oxygen atoms in total. The van der Waals surface area contributed by atoms with Crippen molar-refractivity contribution in [1.29, 1.82) is 0 Å². The molecular weight excluding hydrogens is 260 g/mol. The zero-order valence-electron chi connectivity index (χ0n) is 10.3. The highest BCUT2D eigenvalue weighted by atomic mass is 32.1. The number of hydrogen-bond acceptors (Lipinski definition) is 5. The number of rotatable bonds is 3. The predicted octanol–water partition coefficient (Wildman–Crippen LogP) is 1.90. The van der Waals surface area contributed by atoms with E-state index in [0.717, 1.165) is 30.0 Å². The van der Waals surface area contributed by atoms with Crippen LogP contribution in [0.1, 0.15) is 12.8 Å². The fourth-order valence-corrected chi connectivity index (χ4v) is 2.82. The fraction of sp³-hybridized carbons (Fsp3) is 0.308. The van der Waals surface area contributed by atoms with E-state index in [2.05, 4.69) is 20.8 Å². The first kappa shape index (κ1) is 12.3. The number of carbonyl (C=O) groups is 1. The van der Waals surface area contributed by atoms with Crippen LogP contribution >= 0.6 is 11.3 Å². The lowest BCUT2D eigenvalue weighted by Gasteiger charge is -2.07. The Kier molecular flexibility index (Phi) is 3.52. The number of amides is 1. The first-order valence-corrected chi connectivity index (χ1v) is 7.08. The lowest BCUT2D eigenvalue weighted by atomic mass is 10.2. The smallest absolute Gasteiger partial charge is 0.243 e. The van der Waals surface area contributed by atoms with Gasteiger partial charge in [-0.3, -0.25) is 10.1 Å². The van der Waals surface area contributed by atoms with Gasteiger partial charge in [0.05, 0.1) is 6.04 Å². The highest BCUT2D eigenvalue weighted by Crippen LogP contribution is 2.26. The molecule has 1 aliphatic rings. The van der Waals surface area contributed by atoms with Gasteiger partial charge < -0.3 is 5.32 Å². The molecule has 0 spiro atoms. The summed E-state index contributed by atoms with van der Waals surface area (Å²) in [6.07, 6.45) is 1.93. The molecule has 19 heavy (non-hydrogen) atoms. The lowest BCUT2D eigenvalue weighted by molar-refractivity contribution is -0.117. The number of nitrogens with zero attached hydrogens (tertiary/aromatic N) is 2. The van der Waals surface area contributed by atoms with Crippen molar-refractivity contribution in [2.45, 2.75) is 18.9 Å². The molecule has 1 atom stereocenters. The Morgan fingerprint density at radius 3 is 2.89 bits per heavy atom. The molecule has 2 heterocycles. The maximum absolute atomic E-state index is 11.9. The minimum Gasteiger partial charge on any atom is -0.306 e. The van der Waals surface area contributed by atoms with Crippen molar-refractivity contribution in [3.05, 3.63) is 30.3 Å². The summed E-state index contributed by atoms with van der Waals surface area (Å²) in [5.74, 6) is -0.0201.